The highest BCUT2D eigenvalue weighted by Crippen LogP contribution is 2.24. The predicted octanol–water partition coefficient (Wildman–Crippen LogP) is 8.15. The van der Waals surface area contributed by atoms with E-state index in [0.29, 0.717) is 24.3 Å². The summed E-state index contributed by atoms with van der Waals surface area (Å²) in [6.45, 7) is 6.31. The topological polar surface area (TPSA) is 98.2 Å². The molecule has 0 rings (SSSR count). The van der Waals surface area contributed by atoms with Gasteiger partial charge in [-0.3, -0.25) is 14.4 Å². The van der Waals surface area contributed by atoms with Crippen molar-refractivity contribution in [3.8, 4) is 0 Å². The third kappa shape index (κ3) is 23.1. The van der Waals surface area contributed by atoms with Crippen molar-refractivity contribution in [2.24, 2.45) is 5.92 Å². The molecule has 0 bridgehead atoms. The van der Waals surface area contributed by atoms with Crippen LogP contribution in [0.25, 0.3) is 0 Å². The lowest BCUT2D eigenvalue weighted by Gasteiger charge is -2.35. The molecule has 1 atom stereocenters. The van der Waals surface area contributed by atoms with Gasteiger partial charge in [-0.1, -0.05) is 97.3 Å². The monoisotopic (exact) mass is 568 g/mol. The molecule has 236 valence electrons. The van der Waals surface area contributed by atoms with E-state index in [1.54, 1.807) is 0 Å². The second-order valence-corrected chi connectivity index (χ2v) is 12.1. The van der Waals surface area contributed by atoms with Crippen LogP contribution in [-0.2, 0) is 14.4 Å². The molecular formula is C33H64N2O5. The van der Waals surface area contributed by atoms with Crippen molar-refractivity contribution >= 4 is 17.8 Å². The number of amides is 1. The van der Waals surface area contributed by atoms with Gasteiger partial charge >= 0.3 is 11.9 Å². The van der Waals surface area contributed by atoms with Crippen LogP contribution in [0.1, 0.15) is 155 Å². The van der Waals surface area contributed by atoms with Gasteiger partial charge in [-0.05, 0) is 65.1 Å². The minimum absolute atomic E-state index is 0.267. The van der Waals surface area contributed by atoms with Crippen molar-refractivity contribution in [1.29, 1.82) is 0 Å². The first-order chi connectivity index (χ1) is 19.2. The van der Waals surface area contributed by atoms with Crippen LogP contribution in [0.3, 0.4) is 0 Å². The van der Waals surface area contributed by atoms with Gasteiger partial charge in [0.05, 0.1) is 0 Å². The fraction of sp³-hybridized carbons (Fsp3) is 0.909. The van der Waals surface area contributed by atoms with Gasteiger partial charge in [0, 0.05) is 31.8 Å². The number of carboxylic acids is 2. The average molecular weight is 569 g/mol. The molecule has 0 aromatic heterocycles. The van der Waals surface area contributed by atoms with E-state index in [-0.39, 0.29) is 12.8 Å². The lowest BCUT2D eigenvalue weighted by atomic mass is 9.94. The first kappa shape index (κ1) is 38.4. The zero-order chi connectivity index (χ0) is 30.0. The Balaban J connectivity index is 5.12. The smallest absolute Gasteiger partial charge is 0.303 e. The Morgan fingerprint density at radius 1 is 0.600 bits per heavy atom. The molecule has 1 amide bonds. The second-order valence-electron chi connectivity index (χ2n) is 12.1. The summed E-state index contributed by atoms with van der Waals surface area (Å²) in [7, 11) is 4.12. The zero-order valence-electron chi connectivity index (χ0n) is 26.6. The fourth-order valence-corrected chi connectivity index (χ4v) is 5.52. The molecule has 2 N–H and O–H groups in total. The number of rotatable bonds is 29. The molecule has 0 heterocycles. The highest BCUT2D eigenvalue weighted by Gasteiger charge is 2.25. The molecule has 7 heteroatoms. The predicted molar refractivity (Wildman–Crippen MR) is 166 cm³/mol. The molecule has 7 nitrogen and oxygen atoms in total. The lowest BCUT2D eigenvalue weighted by molar-refractivity contribution is -0.138. The minimum atomic E-state index is -0.706. The first-order valence-corrected chi connectivity index (χ1v) is 16.6. The number of hydrogen-bond donors (Lipinski definition) is 2. The van der Waals surface area contributed by atoms with Gasteiger partial charge in [0.15, 0.2) is 0 Å². The number of carboxylic acid groups (broad SMARTS) is 2. The Kier molecular flexibility index (Phi) is 25.2. The van der Waals surface area contributed by atoms with Crippen molar-refractivity contribution in [1.82, 2.24) is 9.80 Å². The SMILES string of the molecule is CCCCC(CC)CN(C(=O)CCCN(C)C)C(CCCCCCCCC(=O)O)CCCCCCCCC(=O)O. The van der Waals surface area contributed by atoms with E-state index in [0.717, 1.165) is 116 Å². The van der Waals surface area contributed by atoms with Crippen LogP contribution in [0.15, 0.2) is 0 Å². The maximum Gasteiger partial charge on any atom is 0.303 e. The third-order valence-corrected chi connectivity index (χ3v) is 8.11. The van der Waals surface area contributed by atoms with E-state index < -0.39 is 11.9 Å². The van der Waals surface area contributed by atoms with Crippen LogP contribution in [0.2, 0.25) is 0 Å². The van der Waals surface area contributed by atoms with Crippen LogP contribution < -0.4 is 0 Å². The van der Waals surface area contributed by atoms with Crippen molar-refractivity contribution in [2.45, 2.75) is 161 Å². The molecule has 0 spiro atoms. The number of aliphatic carboxylic acids is 2. The Morgan fingerprint density at radius 3 is 1.50 bits per heavy atom. The number of carbonyl (C=O) groups is 3. The van der Waals surface area contributed by atoms with E-state index in [1.807, 2.05) is 0 Å². The van der Waals surface area contributed by atoms with Crippen LogP contribution in [0.4, 0.5) is 0 Å². The van der Waals surface area contributed by atoms with Crippen molar-refractivity contribution in [3.63, 3.8) is 0 Å². The molecule has 0 aromatic carbocycles. The summed E-state index contributed by atoms with van der Waals surface area (Å²) in [5, 5.41) is 17.7. The van der Waals surface area contributed by atoms with Gasteiger partial charge in [-0.2, -0.15) is 0 Å². The molecular weight excluding hydrogens is 504 g/mol. The number of nitrogens with zero attached hydrogens (tertiary/aromatic N) is 2. The Labute approximate surface area is 246 Å². The van der Waals surface area contributed by atoms with Gasteiger partial charge in [0.2, 0.25) is 5.91 Å². The largest absolute Gasteiger partial charge is 0.481 e. The van der Waals surface area contributed by atoms with E-state index in [1.165, 1.54) is 19.3 Å². The fourth-order valence-electron chi connectivity index (χ4n) is 5.52. The van der Waals surface area contributed by atoms with Crippen molar-refractivity contribution < 1.29 is 24.6 Å². The summed E-state index contributed by atoms with van der Waals surface area (Å²) in [6.07, 6.45) is 21.3. The summed E-state index contributed by atoms with van der Waals surface area (Å²) in [4.78, 5) is 39.5. The Hall–Kier alpha value is -1.63. The quantitative estimate of drug-likeness (QED) is 0.0884. The summed E-state index contributed by atoms with van der Waals surface area (Å²) in [5.74, 6) is -0.529. The Bertz CT molecular complexity index is 610. The third-order valence-electron chi connectivity index (χ3n) is 8.11. The molecule has 0 aliphatic carbocycles. The van der Waals surface area contributed by atoms with Gasteiger partial charge < -0.3 is 20.0 Å². The van der Waals surface area contributed by atoms with Crippen molar-refractivity contribution in [3.05, 3.63) is 0 Å². The van der Waals surface area contributed by atoms with Crippen molar-refractivity contribution in [2.75, 3.05) is 27.2 Å². The molecule has 0 saturated carbocycles. The highest BCUT2D eigenvalue weighted by molar-refractivity contribution is 5.76. The molecule has 1 unspecified atom stereocenters. The molecule has 0 aliphatic rings. The summed E-state index contributed by atoms with van der Waals surface area (Å²) < 4.78 is 0. The zero-order valence-corrected chi connectivity index (χ0v) is 26.6. The van der Waals surface area contributed by atoms with Crippen LogP contribution >= 0.6 is 0 Å². The number of carbonyl (C=O) groups excluding carboxylic acids is 1. The summed E-state index contributed by atoms with van der Waals surface area (Å²) >= 11 is 0. The molecule has 40 heavy (non-hydrogen) atoms. The standard InChI is InChI=1S/C33H64N2O5/c1-5-7-21-29(6-2)28-35(31(36)24-20-27-34(3)4)30(22-16-12-8-10-14-18-25-32(37)38)23-17-13-9-11-15-19-26-33(39)40/h29-30H,5-28H2,1-4H3,(H,37,38)(H,39,40). The van der Waals surface area contributed by atoms with Gasteiger partial charge in [0.25, 0.3) is 0 Å². The van der Waals surface area contributed by atoms with Crippen LogP contribution in [-0.4, -0.2) is 71.1 Å². The normalized spacial score (nSPS) is 12.2. The second kappa shape index (κ2) is 26.3. The van der Waals surface area contributed by atoms with E-state index >= 15 is 0 Å². The van der Waals surface area contributed by atoms with Gasteiger partial charge in [-0.15, -0.1) is 0 Å². The average Bonchev–Trinajstić information content (AvgIpc) is 2.90. The van der Waals surface area contributed by atoms with Gasteiger partial charge in [0.1, 0.15) is 0 Å². The van der Waals surface area contributed by atoms with Crippen LogP contribution in [0, 0.1) is 5.92 Å². The maximum absolute atomic E-state index is 13.6. The van der Waals surface area contributed by atoms with E-state index in [4.69, 9.17) is 10.2 Å². The highest BCUT2D eigenvalue weighted by atomic mass is 16.4. The maximum atomic E-state index is 13.6. The van der Waals surface area contributed by atoms with Gasteiger partial charge in [-0.25, -0.2) is 0 Å². The molecule has 0 saturated heterocycles. The molecule has 0 aliphatic heterocycles. The Morgan fingerprint density at radius 2 is 1.07 bits per heavy atom. The summed E-state index contributed by atoms with van der Waals surface area (Å²) in [6, 6.07) is 0.293. The molecule has 0 fully saturated rings. The summed E-state index contributed by atoms with van der Waals surface area (Å²) in [5.41, 5.74) is 0. The van der Waals surface area contributed by atoms with E-state index in [2.05, 4.69) is 37.7 Å². The number of unbranched alkanes of at least 4 members (excludes halogenated alkanes) is 11. The van der Waals surface area contributed by atoms with Crippen LogP contribution in [0.5, 0.6) is 0 Å². The minimum Gasteiger partial charge on any atom is -0.481 e. The van der Waals surface area contributed by atoms with E-state index in [9.17, 15) is 14.4 Å². The lowest BCUT2D eigenvalue weighted by Crippen LogP contribution is -2.43. The molecule has 0 aromatic rings. The number of hydrogen-bond acceptors (Lipinski definition) is 4. The molecule has 0 radical (unpaired) electrons. The first-order valence-electron chi connectivity index (χ1n) is 16.6.